The number of amides is 3. The van der Waals surface area contributed by atoms with E-state index in [1.807, 2.05) is 0 Å². The quantitative estimate of drug-likeness (QED) is 0.397. The van der Waals surface area contributed by atoms with E-state index in [4.69, 9.17) is 4.74 Å². The van der Waals surface area contributed by atoms with E-state index < -0.39 is 52.7 Å². The molecule has 1 aliphatic heterocycles. The van der Waals surface area contributed by atoms with Crippen LogP contribution in [0.3, 0.4) is 0 Å². The van der Waals surface area contributed by atoms with Crippen LogP contribution in [0.25, 0.3) is 0 Å². The van der Waals surface area contributed by atoms with Gasteiger partial charge in [0.1, 0.15) is 5.60 Å². The zero-order chi connectivity index (χ0) is 29.9. The standard InChI is InChI=1S/C27H35F6N3O4/c1-25(2,3)40-24(39)35-21-7-5-4-6-20(21)23(38)36-10-8-16(9-11-36)12-22(37)34-19-14-17(26(28,29)30)13-18(15-19)27(31,32)33/h13-16,20-21H,4-12H2,1-3H3,(H,34,37)(H,35,39)/t20-,21-/m1/s1. The smallest absolute Gasteiger partial charge is 0.416 e. The number of carbonyl (C=O) groups excluding carboxylic acids is 3. The van der Waals surface area contributed by atoms with Crippen LogP contribution in [0.2, 0.25) is 0 Å². The second-order valence-electron chi connectivity index (χ2n) is 11.5. The monoisotopic (exact) mass is 579 g/mol. The van der Waals surface area contributed by atoms with E-state index in [1.54, 1.807) is 25.7 Å². The molecule has 40 heavy (non-hydrogen) atoms. The number of anilines is 1. The molecular weight excluding hydrogens is 544 g/mol. The predicted molar refractivity (Wildman–Crippen MR) is 134 cm³/mol. The molecule has 0 bridgehead atoms. The summed E-state index contributed by atoms with van der Waals surface area (Å²) in [5.74, 6) is -1.39. The summed E-state index contributed by atoms with van der Waals surface area (Å²) in [7, 11) is 0. The molecule has 0 spiro atoms. The van der Waals surface area contributed by atoms with Crippen LogP contribution in [0.15, 0.2) is 18.2 Å². The summed E-state index contributed by atoms with van der Waals surface area (Å²) >= 11 is 0. The van der Waals surface area contributed by atoms with Crippen molar-refractivity contribution >= 4 is 23.6 Å². The van der Waals surface area contributed by atoms with Crippen LogP contribution < -0.4 is 10.6 Å². The van der Waals surface area contributed by atoms with Crippen molar-refractivity contribution in [1.29, 1.82) is 0 Å². The Morgan fingerprint density at radius 1 is 0.875 bits per heavy atom. The first-order chi connectivity index (χ1) is 18.4. The number of rotatable bonds is 5. The van der Waals surface area contributed by atoms with Crippen molar-refractivity contribution in [2.75, 3.05) is 18.4 Å². The predicted octanol–water partition coefficient (Wildman–Crippen LogP) is 6.37. The fourth-order valence-electron chi connectivity index (χ4n) is 5.15. The van der Waals surface area contributed by atoms with Gasteiger partial charge in [0.15, 0.2) is 0 Å². The molecule has 2 atom stereocenters. The highest BCUT2D eigenvalue weighted by molar-refractivity contribution is 5.91. The number of alkyl halides is 6. The number of ether oxygens (including phenoxy) is 1. The molecule has 3 rings (SSSR count). The molecule has 1 aliphatic carbocycles. The van der Waals surface area contributed by atoms with Gasteiger partial charge in [-0.25, -0.2) is 4.79 Å². The molecular formula is C27H35F6N3O4. The Morgan fingerprint density at radius 2 is 1.43 bits per heavy atom. The zero-order valence-electron chi connectivity index (χ0n) is 22.7. The molecule has 3 amide bonds. The molecule has 1 aromatic carbocycles. The van der Waals surface area contributed by atoms with Crippen molar-refractivity contribution in [2.45, 2.75) is 89.7 Å². The molecule has 1 aromatic rings. The van der Waals surface area contributed by atoms with Gasteiger partial charge in [-0.2, -0.15) is 26.3 Å². The Balaban J connectivity index is 1.55. The summed E-state index contributed by atoms with van der Waals surface area (Å²) < 4.78 is 83.9. The lowest BCUT2D eigenvalue weighted by molar-refractivity contribution is -0.143. The van der Waals surface area contributed by atoms with Crippen LogP contribution in [0.1, 0.15) is 76.8 Å². The lowest BCUT2D eigenvalue weighted by Crippen LogP contribution is -2.51. The van der Waals surface area contributed by atoms with Crippen molar-refractivity contribution in [2.24, 2.45) is 11.8 Å². The number of nitrogens with zero attached hydrogens (tertiary/aromatic N) is 1. The number of hydrogen-bond acceptors (Lipinski definition) is 4. The SMILES string of the molecule is CC(C)(C)OC(=O)N[C@@H]1CCCC[C@H]1C(=O)N1CCC(CC(=O)Nc2cc(C(F)(F)F)cc(C(F)(F)F)c2)CC1. The largest absolute Gasteiger partial charge is 0.444 e. The van der Waals surface area contributed by atoms with E-state index >= 15 is 0 Å². The van der Waals surface area contributed by atoms with E-state index in [9.17, 15) is 40.7 Å². The van der Waals surface area contributed by atoms with Crippen molar-refractivity contribution in [3.63, 3.8) is 0 Å². The fraction of sp³-hybridized carbons (Fsp3) is 0.667. The summed E-state index contributed by atoms with van der Waals surface area (Å²) in [6.07, 6.45) is -6.81. The Morgan fingerprint density at radius 3 is 1.95 bits per heavy atom. The normalized spacial score (nSPS) is 21.1. The van der Waals surface area contributed by atoms with Crippen LogP contribution in [-0.4, -0.2) is 47.5 Å². The summed E-state index contributed by atoms with van der Waals surface area (Å²) in [6, 6.07) is 0.594. The molecule has 7 nitrogen and oxygen atoms in total. The van der Waals surface area contributed by atoms with Gasteiger partial charge >= 0.3 is 18.4 Å². The van der Waals surface area contributed by atoms with Gasteiger partial charge in [-0.1, -0.05) is 12.8 Å². The Labute approximate surface area is 229 Å². The number of benzene rings is 1. The highest BCUT2D eigenvalue weighted by atomic mass is 19.4. The van der Waals surface area contributed by atoms with Crippen LogP contribution in [-0.2, 0) is 26.7 Å². The molecule has 0 aromatic heterocycles. The van der Waals surface area contributed by atoms with E-state index in [-0.39, 0.29) is 30.4 Å². The molecule has 224 valence electrons. The third-order valence-corrected chi connectivity index (χ3v) is 7.06. The maximum atomic E-state index is 13.3. The van der Waals surface area contributed by atoms with Crippen LogP contribution in [0.5, 0.6) is 0 Å². The molecule has 0 unspecified atom stereocenters. The topological polar surface area (TPSA) is 87.7 Å². The van der Waals surface area contributed by atoms with E-state index in [2.05, 4.69) is 10.6 Å². The van der Waals surface area contributed by atoms with Gasteiger partial charge in [0.2, 0.25) is 11.8 Å². The van der Waals surface area contributed by atoms with Gasteiger partial charge in [-0.3, -0.25) is 9.59 Å². The number of alkyl carbamates (subject to hydrolysis) is 1. The molecule has 2 N–H and O–H groups in total. The third kappa shape index (κ3) is 9.02. The molecule has 1 heterocycles. The van der Waals surface area contributed by atoms with E-state index in [1.165, 1.54) is 0 Å². The second-order valence-corrected chi connectivity index (χ2v) is 11.5. The highest BCUT2D eigenvalue weighted by Gasteiger charge is 2.38. The second kappa shape index (κ2) is 12.3. The molecule has 1 saturated heterocycles. The maximum Gasteiger partial charge on any atom is 0.416 e. The Bertz CT molecular complexity index is 1040. The van der Waals surface area contributed by atoms with Gasteiger partial charge in [0, 0.05) is 31.2 Å². The minimum Gasteiger partial charge on any atom is -0.444 e. The van der Waals surface area contributed by atoms with Crippen molar-refractivity contribution < 1.29 is 45.5 Å². The van der Waals surface area contributed by atoms with Gasteiger partial charge in [-0.15, -0.1) is 0 Å². The Kier molecular flexibility index (Phi) is 9.66. The first-order valence-electron chi connectivity index (χ1n) is 13.3. The molecule has 1 saturated carbocycles. The first kappa shape index (κ1) is 31.5. The summed E-state index contributed by atoms with van der Waals surface area (Å²) in [4.78, 5) is 39.8. The molecule has 2 fully saturated rings. The third-order valence-electron chi connectivity index (χ3n) is 7.06. The minimum absolute atomic E-state index is 0.00228. The lowest BCUT2D eigenvalue weighted by atomic mass is 9.82. The molecule has 2 aliphatic rings. The van der Waals surface area contributed by atoms with E-state index in [0.717, 1.165) is 12.8 Å². The fourth-order valence-corrected chi connectivity index (χ4v) is 5.15. The molecule has 0 radical (unpaired) electrons. The van der Waals surface area contributed by atoms with E-state index in [0.29, 0.717) is 50.9 Å². The van der Waals surface area contributed by atoms with Crippen molar-refractivity contribution in [1.82, 2.24) is 10.2 Å². The number of nitrogens with one attached hydrogen (secondary N) is 2. The summed E-state index contributed by atoms with van der Waals surface area (Å²) in [5, 5.41) is 5.00. The summed E-state index contributed by atoms with van der Waals surface area (Å²) in [5.41, 5.74) is -4.27. The van der Waals surface area contributed by atoms with Crippen molar-refractivity contribution in [3.8, 4) is 0 Å². The van der Waals surface area contributed by atoms with Gasteiger partial charge in [0.25, 0.3) is 0 Å². The van der Waals surface area contributed by atoms with Crippen LogP contribution in [0, 0.1) is 11.8 Å². The number of likely N-dealkylation sites (tertiary alicyclic amines) is 1. The lowest BCUT2D eigenvalue weighted by Gasteiger charge is -2.38. The number of carbonyl (C=O) groups is 3. The summed E-state index contributed by atoms with van der Waals surface area (Å²) in [6.45, 7) is 5.96. The van der Waals surface area contributed by atoms with Crippen LogP contribution in [0.4, 0.5) is 36.8 Å². The molecule has 13 heteroatoms. The number of hydrogen-bond donors (Lipinski definition) is 2. The number of piperidine rings is 1. The van der Waals surface area contributed by atoms with Crippen LogP contribution >= 0.6 is 0 Å². The van der Waals surface area contributed by atoms with Gasteiger partial charge in [-0.05, 0) is 70.6 Å². The highest BCUT2D eigenvalue weighted by Crippen LogP contribution is 2.38. The van der Waals surface area contributed by atoms with Gasteiger partial charge < -0.3 is 20.3 Å². The first-order valence-corrected chi connectivity index (χ1v) is 13.3. The maximum absolute atomic E-state index is 13.3. The van der Waals surface area contributed by atoms with Gasteiger partial charge in [0.05, 0.1) is 17.0 Å². The Hall–Kier alpha value is -2.99. The van der Waals surface area contributed by atoms with Crippen molar-refractivity contribution in [3.05, 3.63) is 29.3 Å². The zero-order valence-corrected chi connectivity index (χ0v) is 22.7. The minimum atomic E-state index is -5.01. The average Bonchev–Trinajstić information content (AvgIpc) is 2.82. The number of halogens is 6. The average molecular weight is 580 g/mol.